The average Bonchev–Trinajstić information content (AvgIpc) is 3.17. The van der Waals surface area contributed by atoms with Gasteiger partial charge in [-0.25, -0.2) is 0 Å². The Labute approximate surface area is 171 Å². The summed E-state index contributed by atoms with van der Waals surface area (Å²) in [6.45, 7) is 7.83. The smallest absolute Gasteiger partial charge is 0.298 e. The molecule has 1 N–H and O–H groups in total. The monoisotopic (exact) mass is 395 g/mol. The third-order valence-corrected chi connectivity index (χ3v) is 6.06. The number of methoxy groups -OCH3 is 1. The van der Waals surface area contributed by atoms with Gasteiger partial charge in [-0.1, -0.05) is 18.2 Å². The Morgan fingerprint density at radius 2 is 1.97 bits per heavy atom. The molecule has 0 radical (unpaired) electrons. The summed E-state index contributed by atoms with van der Waals surface area (Å²) in [5, 5.41) is 9.64. The van der Waals surface area contributed by atoms with Crippen LogP contribution in [0.5, 0.6) is 5.75 Å². The lowest BCUT2D eigenvalue weighted by atomic mass is 10.00. The van der Waals surface area contributed by atoms with Crippen molar-refractivity contribution in [2.75, 3.05) is 38.3 Å². The van der Waals surface area contributed by atoms with Crippen LogP contribution in [0.25, 0.3) is 11.1 Å². The van der Waals surface area contributed by atoms with E-state index in [1.54, 1.807) is 7.11 Å². The number of aliphatic hydroxyl groups excluding tert-OH is 1. The molecule has 0 aliphatic carbocycles. The van der Waals surface area contributed by atoms with E-state index in [4.69, 9.17) is 9.15 Å². The molecule has 1 aliphatic heterocycles. The molecule has 1 saturated heterocycles. The Morgan fingerprint density at radius 1 is 1.14 bits per heavy atom. The minimum atomic E-state index is 0.170. The third kappa shape index (κ3) is 3.95. The molecule has 4 rings (SSSR count). The van der Waals surface area contributed by atoms with Gasteiger partial charge in [-0.15, -0.1) is 0 Å². The highest BCUT2D eigenvalue weighted by molar-refractivity contribution is 5.74. The van der Waals surface area contributed by atoms with Gasteiger partial charge in [0.25, 0.3) is 6.01 Å². The zero-order chi connectivity index (χ0) is 20.4. The molecule has 0 amide bonds. The SMILES string of the molecule is COc1ccc(CN2CCN(c3nc4ccccc4o3)C[C@H]2CCO)c(C)c1C. The quantitative estimate of drug-likeness (QED) is 0.689. The van der Waals surface area contributed by atoms with E-state index in [1.807, 2.05) is 30.3 Å². The van der Waals surface area contributed by atoms with Crippen molar-refractivity contribution >= 4 is 17.1 Å². The van der Waals surface area contributed by atoms with Crippen molar-refractivity contribution in [3.05, 3.63) is 53.1 Å². The van der Waals surface area contributed by atoms with E-state index < -0.39 is 0 Å². The molecule has 1 aromatic heterocycles. The summed E-state index contributed by atoms with van der Waals surface area (Å²) in [5.41, 5.74) is 5.46. The van der Waals surface area contributed by atoms with Crippen molar-refractivity contribution < 1.29 is 14.3 Å². The second kappa shape index (κ2) is 8.43. The van der Waals surface area contributed by atoms with E-state index in [2.05, 4.69) is 34.7 Å². The predicted octanol–water partition coefficient (Wildman–Crippen LogP) is 3.53. The lowest BCUT2D eigenvalue weighted by Gasteiger charge is -2.41. The summed E-state index contributed by atoms with van der Waals surface area (Å²) in [4.78, 5) is 9.31. The summed E-state index contributed by atoms with van der Waals surface area (Å²) < 4.78 is 11.4. The Kier molecular flexibility index (Phi) is 5.74. The fourth-order valence-corrected chi connectivity index (χ4v) is 4.16. The first-order valence-corrected chi connectivity index (χ1v) is 10.2. The maximum absolute atomic E-state index is 9.64. The van der Waals surface area contributed by atoms with Crippen molar-refractivity contribution in [3.8, 4) is 5.75 Å². The average molecular weight is 396 g/mol. The first-order valence-electron chi connectivity index (χ1n) is 10.2. The molecule has 1 aliphatic rings. The first kappa shape index (κ1) is 19.7. The van der Waals surface area contributed by atoms with Crippen LogP contribution in [-0.4, -0.2) is 54.4 Å². The van der Waals surface area contributed by atoms with Gasteiger partial charge >= 0.3 is 0 Å². The summed E-state index contributed by atoms with van der Waals surface area (Å²) in [7, 11) is 1.71. The van der Waals surface area contributed by atoms with Crippen molar-refractivity contribution in [1.29, 1.82) is 0 Å². The third-order valence-electron chi connectivity index (χ3n) is 6.06. The Bertz CT molecular complexity index is 952. The highest BCUT2D eigenvalue weighted by Crippen LogP contribution is 2.28. The van der Waals surface area contributed by atoms with Crippen LogP contribution in [0.15, 0.2) is 40.8 Å². The number of nitrogens with zero attached hydrogens (tertiary/aromatic N) is 3. The number of oxazole rings is 1. The van der Waals surface area contributed by atoms with Crippen molar-refractivity contribution in [1.82, 2.24) is 9.88 Å². The van der Waals surface area contributed by atoms with Gasteiger partial charge in [-0.05, 0) is 55.2 Å². The second-order valence-corrected chi connectivity index (χ2v) is 7.72. The van der Waals surface area contributed by atoms with Gasteiger partial charge in [-0.3, -0.25) is 4.90 Å². The Hall–Kier alpha value is -2.57. The number of ether oxygens (including phenoxy) is 1. The van der Waals surface area contributed by atoms with Crippen LogP contribution in [-0.2, 0) is 6.54 Å². The largest absolute Gasteiger partial charge is 0.496 e. The molecule has 3 aromatic rings. The zero-order valence-corrected chi connectivity index (χ0v) is 17.4. The molecule has 2 aromatic carbocycles. The number of hydrogen-bond donors (Lipinski definition) is 1. The van der Waals surface area contributed by atoms with Crippen molar-refractivity contribution in [2.24, 2.45) is 0 Å². The summed E-state index contributed by atoms with van der Waals surface area (Å²) in [5.74, 6) is 0.930. The van der Waals surface area contributed by atoms with Gasteiger partial charge in [0.15, 0.2) is 5.58 Å². The first-order chi connectivity index (χ1) is 14.1. The molecule has 0 unspecified atom stereocenters. The molecule has 29 heavy (non-hydrogen) atoms. The van der Waals surface area contributed by atoms with Crippen LogP contribution in [0, 0.1) is 13.8 Å². The molecule has 0 spiro atoms. The molecule has 1 atom stereocenters. The van der Waals surface area contributed by atoms with Gasteiger partial charge in [0.05, 0.1) is 7.11 Å². The van der Waals surface area contributed by atoms with Gasteiger partial charge in [0.1, 0.15) is 11.3 Å². The van der Waals surface area contributed by atoms with Crippen LogP contribution in [0.1, 0.15) is 23.1 Å². The summed E-state index contributed by atoms with van der Waals surface area (Å²) in [6.07, 6.45) is 0.727. The van der Waals surface area contributed by atoms with Gasteiger partial charge in [0, 0.05) is 38.8 Å². The fourth-order valence-electron chi connectivity index (χ4n) is 4.16. The Balaban J connectivity index is 1.52. The Morgan fingerprint density at radius 3 is 2.72 bits per heavy atom. The van der Waals surface area contributed by atoms with E-state index in [1.165, 1.54) is 16.7 Å². The van der Waals surface area contributed by atoms with Gasteiger partial charge < -0.3 is 19.2 Å². The minimum absolute atomic E-state index is 0.170. The van der Waals surface area contributed by atoms with Crippen LogP contribution in [0.4, 0.5) is 6.01 Å². The molecular formula is C23H29N3O3. The lowest BCUT2D eigenvalue weighted by molar-refractivity contribution is 0.133. The lowest BCUT2D eigenvalue weighted by Crippen LogP contribution is -2.53. The number of rotatable bonds is 6. The van der Waals surface area contributed by atoms with Crippen LogP contribution in [0.3, 0.4) is 0 Å². The van der Waals surface area contributed by atoms with Crippen LogP contribution in [0.2, 0.25) is 0 Å². The number of anilines is 1. The van der Waals surface area contributed by atoms with E-state index in [0.29, 0.717) is 6.01 Å². The van der Waals surface area contributed by atoms with Crippen molar-refractivity contribution in [2.45, 2.75) is 32.9 Å². The zero-order valence-electron chi connectivity index (χ0n) is 17.4. The standard InChI is InChI=1S/C23H29N3O3/c1-16-17(2)21(28-3)9-8-18(16)14-25-11-12-26(15-19(25)10-13-27)23-24-20-6-4-5-7-22(20)29-23/h4-9,19,27H,10-15H2,1-3H3/t19-/m1/s1. The maximum Gasteiger partial charge on any atom is 0.298 e. The topological polar surface area (TPSA) is 62.0 Å². The number of piperazine rings is 1. The number of fused-ring (bicyclic) bond motifs is 1. The fraction of sp³-hybridized carbons (Fsp3) is 0.435. The van der Waals surface area contributed by atoms with E-state index in [0.717, 1.165) is 49.4 Å². The molecule has 0 saturated carbocycles. The summed E-state index contributed by atoms with van der Waals surface area (Å²) in [6, 6.07) is 13.0. The highest BCUT2D eigenvalue weighted by atomic mass is 16.5. The predicted molar refractivity (Wildman–Crippen MR) is 115 cm³/mol. The van der Waals surface area contributed by atoms with E-state index >= 15 is 0 Å². The number of para-hydroxylation sites is 2. The second-order valence-electron chi connectivity index (χ2n) is 7.72. The maximum atomic E-state index is 9.64. The minimum Gasteiger partial charge on any atom is -0.496 e. The normalized spacial score (nSPS) is 17.8. The number of aliphatic hydroxyl groups is 1. The van der Waals surface area contributed by atoms with E-state index in [-0.39, 0.29) is 12.6 Å². The molecule has 0 bridgehead atoms. The van der Waals surface area contributed by atoms with Crippen LogP contribution >= 0.6 is 0 Å². The molecule has 154 valence electrons. The molecule has 6 nitrogen and oxygen atoms in total. The molecular weight excluding hydrogens is 366 g/mol. The number of benzene rings is 2. The van der Waals surface area contributed by atoms with Gasteiger partial charge in [-0.2, -0.15) is 4.98 Å². The molecule has 2 heterocycles. The number of hydrogen-bond acceptors (Lipinski definition) is 6. The number of aromatic nitrogens is 1. The van der Waals surface area contributed by atoms with Crippen molar-refractivity contribution in [3.63, 3.8) is 0 Å². The van der Waals surface area contributed by atoms with Gasteiger partial charge in [0.2, 0.25) is 0 Å². The molecule has 6 heteroatoms. The van der Waals surface area contributed by atoms with Crippen LogP contribution < -0.4 is 9.64 Å². The summed E-state index contributed by atoms with van der Waals surface area (Å²) >= 11 is 0. The molecule has 1 fully saturated rings. The van der Waals surface area contributed by atoms with E-state index in [9.17, 15) is 5.11 Å². The highest BCUT2D eigenvalue weighted by Gasteiger charge is 2.29.